The first kappa shape index (κ1) is 20.9. The molecule has 1 aromatic heterocycles. The van der Waals surface area contributed by atoms with Crippen molar-refractivity contribution in [3.05, 3.63) is 46.3 Å². The largest absolute Gasteiger partial charge is 0.360 e. The third kappa shape index (κ3) is 3.88. The van der Waals surface area contributed by atoms with Crippen LogP contribution in [0.25, 0.3) is 0 Å². The Labute approximate surface area is 186 Å². The lowest BCUT2D eigenvalue weighted by Gasteiger charge is -2.38. The van der Waals surface area contributed by atoms with Crippen molar-refractivity contribution in [2.75, 3.05) is 0 Å². The highest BCUT2D eigenvalue weighted by molar-refractivity contribution is 7.89. The summed E-state index contributed by atoms with van der Waals surface area (Å²) in [6.07, 6.45) is 4.81. The van der Waals surface area contributed by atoms with Gasteiger partial charge >= 0.3 is 0 Å². The summed E-state index contributed by atoms with van der Waals surface area (Å²) in [4.78, 5) is 12.7. The van der Waals surface area contributed by atoms with Crippen LogP contribution >= 0.6 is 11.6 Å². The fourth-order valence-corrected chi connectivity index (χ4v) is 7.29. The monoisotopic (exact) mass is 464 g/mol. The molecule has 1 aromatic carbocycles. The van der Waals surface area contributed by atoms with Crippen molar-refractivity contribution >= 4 is 27.5 Å². The first-order valence-electron chi connectivity index (χ1n) is 10.7. The van der Waals surface area contributed by atoms with Gasteiger partial charge in [0.05, 0.1) is 5.02 Å². The number of piperidine rings is 1. The molecule has 3 N–H and O–H groups in total. The normalized spacial score (nSPS) is 26.2. The second kappa shape index (κ2) is 7.88. The van der Waals surface area contributed by atoms with E-state index < -0.39 is 10.0 Å². The van der Waals surface area contributed by atoms with E-state index in [9.17, 15) is 13.2 Å². The van der Waals surface area contributed by atoms with Crippen LogP contribution in [0.1, 0.15) is 66.3 Å². The van der Waals surface area contributed by atoms with Gasteiger partial charge in [0.2, 0.25) is 10.0 Å². The van der Waals surface area contributed by atoms with Crippen LogP contribution in [0, 0.1) is 0 Å². The number of fused-ring (bicyclic) bond motifs is 2. The molecule has 1 amide bonds. The topological polar surface area (TPSA) is 119 Å². The zero-order valence-electron chi connectivity index (χ0n) is 17.0. The number of sulfonamides is 1. The summed E-state index contributed by atoms with van der Waals surface area (Å²) >= 11 is 6.29. The summed E-state index contributed by atoms with van der Waals surface area (Å²) in [5, 5.41) is 7.11. The summed E-state index contributed by atoms with van der Waals surface area (Å²) in [5.41, 5.74) is 6.70. The van der Waals surface area contributed by atoms with Gasteiger partial charge in [-0.3, -0.25) is 4.79 Å². The predicted molar refractivity (Wildman–Crippen MR) is 114 cm³/mol. The quantitative estimate of drug-likeness (QED) is 0.678. The van der Waals surface area contributed by atoms with Crippen LogP contribution in [-0.4, -0.2) is 41.9 Å². The van der Waals surface area contributed by atoms with Crippen LogP contribution in [-0.2, 0) is 16.6 Å². The van der Waals surface area contributed by atoms with Gasteiger partial charge in [-0.2, -0.15) is 4.31 Å². The van der Waals surface area contributed by atoms with Gasteiger partial charge in [-0.15, -0.1) is 0 Å². The van der Waals surface area contributed by atoms with Crippen molar-refractivity contribution in [1.82, 2.24) is 14.8 Å². The highest BCUT2D eigenvalue weighted by Crippen LogP contribution is 2.42. The van der Waals surface area contributed by atoms with E-state index in [-0.39, 0.29) is 39.6 Å². The van der Waals surface area contributed by atoms with Crippen LogP contribution in [0.3, 0.4) is 0 Å². The summed E-state index contributed by atoms with van der Waals surface area (Å²) in [7, 11) is -3.74. The number of nitrogens with zero attached hydrogens (tertiary/aromatic N) is 2. The van der Waals surface area contributed by atoms with Crippen LogP contribution in [0.5, 0.6) is 0 Å². The molecule has 10 heteroatoms. The van der Waals surface area contributed by atoms with Gasteiger partial charge in [0.25, 0.3) is 5.91 Å². The molecule has 3 aliphatic rings. The Morgan fingerprint density at radius 1 is 1.19 bits per heavy atom. The molecule has 0 spiro atoms. The number of amides is 1. The number of rotatable bonds is 6. The molecule has 2 saturated heterocycles. The molecule has 2 bridgehead atoms. The van der Waals surface area contributed by atoms with Crippen molar-refractivity contribution < 1.29 is 17.7 Å². The van der Waals surface area contributed by atoms with E-state index in [1.807, 2.05) is 0 Å². The van der Waals surface area contributed by atoms with Crippen molar-refractivity contribution in [2.45, 2.75) is 74.0 Å². The Bertz CT molecular complexity index is 1100. The maximum atomic E-state index is 13.4. The molecular formula is C21H25ClN4O4S. The number of carbonyl (C=O) groups is 1. The zero-order chi connectivity index (χ0) is 21.8. The molecule has 2 aliphatic heterocycles. The smallest absolute Gasteiger partial charge is 0.273 e. The second-order valence-electron chi connectivity index (χ2n) is 8.72. The van der Waals surface area contributed by atoms with Gasteiger partial charge in [0.1, 0.15) is 10.7 Å². The van der Waals surface area contributed by atoms with E-state index in [1.54, 1.807) is 22.5 Å². The lowest BCUT2D eigenvalue weighted by molar-refractivity contribution is 0.0900. The molecule has 1 aliphatic carbocycles. The molecule has 2 aromatic rings. The SMILES string of the molecule is NCc1ccc(S(=O)(=O)N2[C@@H]3CC[C@H]2C[C@@H](NC(=O)c2cc(C4CC4)on2)C3)c(Cl)c1. The minimum Gasteiger partial charge on any atom is -0.360 e. The minimum atomic E-state index is -3.74. The maximum Gasteiger partial charge on any atom is 0.273 e. The predicted octanol–water partition coefficient (Wildman–Crippen LogP) is 2.78. The van der Waals surface area contributed by atoms with Gasteiger partial charge in [-0.05, 0) is 56.2 Å². The average Bonchev–Trinajstić information content (AvgIpc) is 3.39. The standard InChI is InChI=1S/C21H25ClN4O4S/c22-17-7-12(11-23)1-6-20(17)31(28,29)26-15-4-5-16(26)9-14(8-15)24-21(27)18-10-19(30-25-18)13-2-3-13/h1,6-7,10,13-16H,2-5,8-9,11,23H2,(H,24,27)/t14-,15+,16-. The molecular weight excluding hydrogens is 440 g/mol. The van der Waals surface area contributed by atoms with Crippen molar-refractivity contribution in [3.63, 3.8) is 0 Å². The first-order valence-corrected chi connectivity index (χ1v) is 12.5. The Morgan fingerprint density at radius 3 is 2.52 bits per heavy atom. The Hall–Kier alpha value is -1.94. The van der Waals surface area contributed by atoms with Crippen LogP contribution in [0.2, 0.25) is 5.02 Å². The number of nitrogens with one attached hydrogen (secondary N) is 1. The van der Waals surface area contributed by atoms with E-state index >= 15 is 0 Å². The van der Waals surface area contributed by atoms with E-state index in [2.05, 4.69) is 10.5 Å². The number of hydrogen-bond acceptors (Lipinski definition) is 6. The Balaban J connectivity index is 1.29. The number of halogens is 1. The number of aromatic nitrogens is 1. The molecule has 8 nitrogen and oxygen atoms in total. The van der Waals surface area contributed by atoms with Crippen molar-refractivity contribution in [2.24, 2.45) is 5.73 Å². The number of benzene rings is 1. The van der Waals surface area contributed by atoms with Gasteiger partial charge < -0.3 is 15.6 Å². The summed E-state index contributed by atoms with van der Waals surface area (Å²) in [6, 6.07) is 6.12. The minimum absolute atomic E-state index is 0.104. The van der Waals surface area contributed by atoms with Crippen molar-refractivity contribution in [1.29, 1.82) is 0 Å². The van der Waals surface area contributed by atoms with Gasteiger partial charge in [-0.1, -0.05) is 22.8 Å². The number of hydrogen-bond donors (Lipinski definition) is 2. The van der Waals surface area contributed by atoms with Gasteiger partial charge in [-0.25, -0.2) is 8.42 Å². The molecule has 0 unspecified atom stereocenters. The highest BCUT2D eigenvalue weighted by Gasteiger charge is 2.48. The molecule has 5 rings (SSSR count). The first-order chi connectivity index (χ1) is 14.9. The van der Waals surface area contributed by atoms with Gasteiger partial charge in [0.15, 0.2) is 5.69 Å². The second-order valence-corrected chi connectivity index (χ2v) is 10.9. The molecule has 3 heterocycles. The van der Waals surface area contributed by atoms with Gasteiger partial charge in [0, 0.05) is 36.7 Å². The molecule has 166 valence electrons. The van der Waals surface area contributed by atoms with E-state index in [0.717, 1.165) is 37.0 Å². The van der Waals surface area contributed by atoms with E-state index in [1.165, 1.54) is 6.07 Å². The number of carbonyl (C=O) groups excluding carboxylic acids is 1. The maximum absolute atomic E-state index is 13.4. The molecule has 31 heavy (non-hydrogen) atoms. The molecule has 0 radical (unpaired) electrons. The van der Waals surface area contributed by atoms with E-state index in [4.69, 9.17) is 21.9 Å². The van der Waals surface area contributed by atoms with E-state index in [0.29, 0.717) is 25.3 Å². The molecule has 1 saturated carbocycles. The summed E-state index contributed by atoms with van der Waals surface area (Å²) in [5.74, 6) is 0.893. The van der Waals surface area contributed by atoms with Crippen LogP contribution < -0.4 is 11.1 Å². The lowest BCUT2D eigenvalue weighted by atomic mass is 9.99. The zero-order valence-corrected chi connectivity index (χ0v) is 18.5. The highest BCUT2D eigenvalue weighted by atomic mass is 35.5. The Kier molecular flexibility index (Phi) is 5.32. The molecule has 3 atom stereocenters. The lowest BCUT2D eigenvalue weighted by Crippen LogP contribution is -2.52. The summed E-state index contributed by atoms with van der Waals surface area (Å²) in [6.45, 7) is 0.296. The average molecular weight is 465 g/mol. The third-order valence-corrected chi connectivity index (χ3v) is 9.02. The number of nitrogens with two attached hydrogens (primary N) is 1. The van der Waals surface area contributed by atoms with Crippen LogP contribution in [0.15, 0.2) is 33.7 Å². The third-order valence-electron chi connectivity index (χ3n) is 6.53. The summed E-state index contributed by atoms with van der Waals surface area (Å²) < 4.78 is 33.7. The Morgan fingerprint density at radius 2 is 1.90 bits per heavy atom. The molecule has 3 fully saturated rings. The fourth-order valence-electron chi connectivity index (χ4n) is 4.85. The fraction of sp³-hybridized carbons (Fsp3) is 0.524. The van der Waals surface area contributed by atoms with Crippen molar-refractivity contribution in [3.8, 4) is 0 Å². The van der Waals surface area contributed by atoms with Crippen LogP contribution in [0.4, 0.5) is 0 Å².